The molecule has 2 nitrogen and oxygen atoms in total. The Labute approximate surface area is 82.3 Å². The van der Waals surface area contributed by atoms with E-state index in [-0.39, 0.29) is 12.2 Å². The van der Waals surface area contributed by atoms with Gasteiger partial charge in [0, 0.05) is 6.61 Å². The molecule has 1 N–H and O–H groups in total. The van der Waals surface area contributed by atoms with E-state index in [9.17, 15) is 5.11 Å². The Morgan fingerprint density at radius 1 is 1.15 bits per heavy atom. The van der Waals surface area contributed by atoms with Gasteiger partial charge in [0.25, 0.3) is 0 Å². The van der Waals surface area contributed by atoms with Gasteiger partial charge < -0.3 is 9.84 Å². The van der Waals surface area contributed by atoms with E-state index >= 15 is 0 Å². The summed E-state index contributed by atoms with van der Waals surface area (Å²) in [6.07, 6.45) is 2.83. The number of hydrogen-bond donors (Lipinski definition) is 1. The molecule has 0 bridgehead atoms. The predicted octanol–water partition coefficient (Wildman–Crippen LogP) is 2.60. The minimum absolute atomic E-state index is 0.0165. The van der Waals surface area contributed by atoms with Gasteiger partial charge in [-0.25, -0.2) is 0 Å². The van der Waals surface area contributed by atoms with Crippen molar-refractivity contribution < 1.29 is 9.84 Å². The minimum atomic E-state index is -0.293. The van der Waals surface area contributed by atoms with Crippen molar-refractivity contribution in [3.8, 4) is 0 Å². The van der Waals surface area contributed by atoms with Gasteiger partial charge in [0.05, 0.1) is 12.2 Å². The van der Waals surface area contributed by atoms with Crippen LogP contribution in [0.5, 0.6) is 0 Å². The normalized spacial score (nSPS) is 16.2. The second-order valence-electron chi connectivity index (χ2n) is 4.05. The van der Waals surface area contributed by atoms with E-state index in [1.165, 1.54) is 6.42 Å². The summed E-state index contributed by atoms with van der Waals surface area (Å²) >= 11 is 0. The van der Waals surface area contributed by atoms with Crippen LogP contribution >= 0.6 is 0 Å². The molecular weight excluding hydrogens is 164 g/mol. The SMILES string of the molecule is CCOC(C)C(O)CCCC(C)C. The van der Waals surface area contributed by atoms with Crippen molar-refractivity contribution in [1.29, 1.82) is 0 Å². The molecule has 0 fully saturated rings. The summed E-state index contributed by atoms with van der Waals surface area (Å²) in [5.74, 6) is 0.731. The van der Waals surface area contributed by atoms with Gasteiger partial charge in [0.2, 0.25) is 0 Å². The lowest BCUT2D eigenvalue weighted by Crippen LogP contribution is -2.25. The van der Waals surface area contributed by atoms with Crippen LogP contribution in [0, 0.1) is 5.92 Å². The van der Waals surface area contributed by atoms with Crippen LogP contribution in [0.4, 0.5) is 0 Å². The van der Waals surface area contributed by atoms with Gasteiger partial charge in [-0.3, -0.25) is 0 Å². The first-order valence-electron chi connectivity index (χ1n) is 5.37. The van der Waals surface area contributed by atoms with Crippen LogP contribution in [0.2, 0.25) is 0 Å². The van der Waals surface area contributed by atoms with E-state index < -0.39 is 0 Å². The number of aliphatic hydroxyl groups excluding tert-OH is 1. The van der Waals surface area contributed by atoms with Crippen LogP contribution in [0.15, 0.2) is 0 Å². The molecule has 0 saturated heterocycles. The summed E-state index contributed by atoms with van der Waals surface area (Å²) in [5.41, 5.74) is 0. The number of hydrogen-bond acceptors (Lipinski definition) is 2. The Hall–Kier alpha value is -0.0800. The number of aliphatic hydroxyl groups is 1. The largest absolute Gasteiger partial charge is 0.390 e. The molecule has 0 heterocycles. The Bertz CT molecular complexity index is 113. The highest BCUT2D eigenvalue weighted by Gasteiger charge is 2.13. The van der Waals surface area contributed by atoms with Crippen LogP contribution in [-0.2, 0) is 4.74 Å². The molecule has 0 saturated carbocycles. The lowest BCUT2D eigenvalue weighted by Gasteiger charge is -2.18. The lowest BCUT2D eigenvalue weighted by molar-refractivity contribution is -0.0258. The number of ether oxygens (including phenoxy) is 1. The molecular formula is C11H24O2. The molecule has 2 heteroatoms. The molecule has 0 amide bonds. The molecule has 0 aromatic heterocycles. The molecule has 0 aliphatic rings. The summed E-state index contributed by atoms with van der Waals surface area (Å²) < 4.78 is 5.31. The molecule has 0 spiro atoms. The standard InChI is InChI=1S/C11H24O2/c1-5-13-10(4)11(12)8-6-7-9(2)3/h9-12H,5-8H2,1-4H3. The van der Waals surface area contributed by atoms with Crippen LogP contribution in [0.3, 0.4) is 0 Å². The van der Waals surface area contributed by atoms with Gasteiger partial charge in [0.1, 0.15) is 0 Å². The van der Waals surface area contributed by atoms with Gasteiger partial charge in [-0.15, -0.1) is 0 Å². The van der Waals surface area contributed by atoms with E-state index in [0.29, 0.717) is 6.61 Å². The molecule has 0 aromatic rings. The lowest BCUT2D eigenvalue weighted by atomic mass is 10.0. The average Bonchev–Trinajstić information content (AvgIpc) is 2.04. The second kappa shape index (κ2) is 7.34. The minimum Gasteiger partial charge on any atom is -0.390 e. The molecule has 0 aromatic carbocycles. The molecule has 0 aliphatic heterocycles. The molecule has 13 heavy (non-hydrogen) atoms. The molecule has 2 atom stereocenters. The van der Waals surface area contributed by atoms with Crippen molar-refractivity contribution in [2.75, 3.05) is 6.61 Å². The Morgan fingerprint density at radius 3 is 2.23 bits per heavy atom. The summed E-state index contributed by atoms with van der Waals surface area (Å²) in [5, 5.41) is 9.64. The highest BCUT2D eigenvalue weighted by Crippen LogP contribution is 2.11. The Morgan fingerprint density at radius 2 is 1.77 bits per heavy atom. The highest BCUT2D eigenvalue weighted by atomic mass is 16.5. The molecule has 0 radical (unpaired) electrons. The van der Waals surface area contributed by atoms with Crippen LogP contribution in [-0.4, -0.2) is 23.9 Å². The van der Waals surface area contributed by atoms with Gasteiger partial charge in [-0.05, 0) is 26.2 Å². The van der Waals surface area contributed by atoms with Crippen molar-refractivity contribution in [1.82, 2.24) is 0 Å². The summed E-state index contributed by atoms with van der Waals surface area (Å²) in [6.45, 7) is 8.99. The van der Waals surface area contributed by atoms with Crippen molar-refractivity contribution in [2.24, 2.45) is 5.92 Å². The molecule has 80 valence electrons. The van der Waals surface area contributed by atoms with Crippen molar-refractivity contribution in [3.63, 3.8) is 0 Å². The van der Waals surface area contributed by atoms with Gasteiger partial charge in [-0.2, -0.15) is 0 Å². The fourth-order valence-electron chi connectivity index (χ4n) is 1.34. The third kappa shape index (κ3) is 7.03. The smallest absolute Gasteiger partial charge is 0.0805 e. The molecule has 0 rings (SSSR count). The van der Waals surface area contributed by atoms with Crippen molar-refractivity contribution in [3.05, 3.63) is 0 Å². The number of rotatable bonds is 7. The van der Waals surface area contributed by atoms with E-state index in [0.717, 1.165) is 18.8 Å². The van der Waals surface area contributed by atoms with Crippen LogP contribution in [0.1, 0.15) is 47.0 Å². The monoisotopic (exact) mass is 188 g/mol. The summed E-state index contributed by atoms with van der Waals surface area (Å²) in [6, 6.07) is 0. The van der Waals surface area contributed by atoms with Crippen LogP contribution < -0.4 is 0 Å². The van der Waals surface area contributed by atoms with Crippen molar-refractivity contribution in [2.45, 2.75) is 59.2 Å². The van der Waals surface area contributed by atoms with E-state index in [2.05, 4.69) is 13.8 Å². The molecule has 2 unspecified atom stereocenters. The Balaban J connectivity index is 3.43. The maximum atomic E-state index is 9.64. The van der Waals surface area contributed by atoms with Crippen LogP contribution in [0.25, 0.3) is 0 Å². The highest BCUT2D eigenvalue weighted by molar-refractivity contribution is 4.64. The first kappa shape index (κ1) is 12.9. The van der Waals surface area contributed by atoms with Gasteiger partial charge in [-0.1, -0.05) is 26.7 Å². The zero-order valence-corrected chi connectivity index (χ0v) is 9.42. The summed E-state index contributed by atoms with van der Waals surface area (Å²) in [7, 11) is 0. The fourth-order valence-corrected chi connectivity index (χ4v) is 1.34. The van der Waals surface area contributed by atoms with Crippen molar-refractivity contribution >= 4 is 0 Å². The summed E-state index contributed by atoms with van der Waals surface area (Å²) in [4.78, 5) is 0. The van der Waals surface area contributed by atoms with E-state index in [1.54, 1.807) is 0 Å². The zero-order valence-electron chi connectivity index (χ0n) is 9.42. The third-order valence-electron chi connectivity index (χ3n) is 2.25. The molecule has 0 aliphatic carbocycles. The van der Waals surface area contributed by atoms with Gasteiger partial charge >= 0.3 is 0 Å². The average molecular weight is 188 g/mol. The third-order valence-corrected chi connectivity index (χ3v) is 2.25. The quantitative estimate of drug-likeness (QED) is 0.665. The first-order chi connectivity index (χ1) is 6.07. The van der Waals surface area contributed by atoms with Gasteiger partial charge in [0.15, 0.2) is 0 Å². The van der Waals surface area contributed by atoms with E-state index in [4.69, 9.17) is 4.74 Å². The fraction of sp³-hybridized carbons (Fsp3) is 1.00. The Kier molecular flexibility index (Phi) is 7.29. The predicted molar refractivity (Wildman–Crippen MR) is 55.8 cm³/mol. The second-order valence-corrected chi connectivity index (χ2v) is 4.05. The topological polar surface area (TPSA) is 29.5 Å². The van der Waals surface area contributed by atoms with E-state index in [1.807, 2.05) is 13.8 Å². The first-order valence-corrected chi connectivity index (χ1v) is 5.37. The zero-order chi connectivity index (χ0) is 10.3. The maximum absolute atomic E-state index is 9.64. The maximum Gasteiger partial charge on any atom is 0.0805 e.